The predicted octanol–water partition coefficient (Wildman–Crippen LogP) is -0.0258. The number of aliphatic hydroxyl groups excluding tert-OH is 1. The van der Waals surface area contributed by atoms with Gasteiger partial charge in [0.25, 0.3) is 0 Å². The number of ether oxygens (including phenoxy) is 1. The summed E-state index contributed by atoms with van der Waals surface area (Å²) in [6, 6.07) is 0. The second-order valence-corrected chi connectivity index (χ2v) is 1.99. The van der Waals surface area contributed by atoms with E-state index in [1.165, 1.54) is 0 Å². The van der Waals surface area contributed by atoms with Gasteiger partial charge in [-0.25, -0.2) is 9.59 Å². The van der Waals surface area contributed by atoms with Crippen LogP contribution in [0.3, 0.4) is 0 Å². The number of esters is 1. The fourth-order valence-electron chi connectivity index (χ4n) is 0.296. The number of carboxylic acid groups (broad SMARTS) is 1. The van der Waals surface area contributed by atoms with Gasteiger partial charge in [-0.1, -0.05) is 13.2 Å². The van der Waals surface area contributed by atoms with Gasteiger partial charge in [0.1, 0.15) is 0 Å². The van der Waals surface area contributed by atoms with Crippen molar-refractivity contribution in [2.24, 2.45) is 0 Å². The summed E-state index contributed by atoms with van der Waals surface area (Å²) in [5.41, 5.74) is 0. The Labute approximate surface area is 111 Å². The third kappa shape index (κ3) is 24.7. The maximum absolute atomic E-state index is 10.3. The summed E-state index contributed by atoms with van der Waals surface area (Å²) in [6.45, 7) is 6.47. The van der Waals surface area contributed by atoms with Gasteiger partial charge >= 0.3 is 11.9 Å². The van der Waals surface area contributed by atoms with Crippen molar-refractivity contribution in [3.8, 4) is 0 Å². The number of carbonyl (C=O) groups is 2. The number of aliphatic carboxylic acids is 1. The van der Waals surface area contributed by atoms with E-state index >= 15 is 0 Å². The molecule has 2 N–H and O–H groups in total. The molecule has 6 heteroatoms. The van der Waals surface area contributed by atoms with E-state index in [2.05, 4.69) is 17.9 Å². The van der Waals surface area contributed by atoms with Gasteiger partial charge in [-0.2, -0.15) is 0 Å². The molecule has 0 aromatic heterocycles. The molecule has 0 heterocycles. The molecule has 0 saturated carbocycles. The zero-order chi connectivity index (χ0) is 11.4. The van der Waals surface area contributed by atoms with Crippen molar-refractivity contribution in [1.29, 1.82) is 0 Å². The first-order valence-electron chi connectivity index (χ1n) is 3.83. The average Bonchev–Trinajstić information content (AvgIpc) is 2.19. The van der Waals surface area contributed by atoms with Gasteiger partial charge in [-0.15, -0.1) is 0 Å². The topological polar surface area (TPSA) is 83.8 Å². The van der Waals surface area contributed by atoms with Crippen molar-refractivity contribution in [3.05, 3.63) is 25.3 Å². The molecule has 0 aliphatic rings. The molecular weight excluding hydrogens is 211 g/mol. The Morgan fingerprint density at radius 3 is 2.00 bits per heavy atom. The van der Waals surface area contributed by atoms with Gasteiger partial charge in [-0.05, 0) is 0 Å². The van der Waals surface area contributed by atoms with Crippen LogP contribution in [0.25, 0.3) is 0 Å². The molecular formula is C9H14NaO5. The molecule has 0 bridgehead atoms. The zero-order valence-electron chi connectivity index (χ0n) is 8.81. The molecule has 0 unspecified atom stereocenters. The number of carbonyl (C=O) groups excluding carboxylic acids is 1. The van der Waals surface area contributed by atoms with Crippen LogP contribution in [0.5, 0.6) is 0 Å². The second-order valence-electron chi connectivity index (χ2n) is 1.99. The molecule has 0 aliphatic heterocycles. The van der Waals surface area contributed by atoms with Gasteiger partial charge in [0, 0.05) is 54.7 Å². The van der Waals surface area contributed by atoms with Crippen LogP contribution < -0.4 is 0 Å². The van der Waals surface area contributed by atoms with Crippen molar-refractivity contribution < 1.29 is 24.5 Å². The number of hydrogen-bond acceptors (Lipinski definition) is 4. The Bertz CT molecular complexity index is 203. The van der Waals surface area contributed by atoms with Crippen LogP contribution in [0.4, 0.5) is 0 Å². The summed E-state index contributed by atoms with van der Waals surface area (Å²) < 4.78 is 4.51. The Balaban J connectivity index is -0.000000208. The molecule has 0 fully saturated rings. The summed E-state index contributed by atoms with van der Waals surface area (Å²) >= 11 is 0. The second kappa shape index (κ2) is 15.8. The fourth-order valence-corrected chi connectivity index (χ4v) is 0.296. The van der Waals surface area contributed by atoms with E-state index in [9.17, 15) is 9.59 Å². The molecule has 0 spiro atoms. The minimum atomic E-state index is -0.981. The molecule has 81 valence electrons. The average molecular weight is 225 g/mol. The summed E-state index contributed by atoms with van der Waals surface area (Å²) in [4.78, 5) is 19.5. The van der Waals surface area contributed by atoms with Gasteiger partial charge in [0.2, 0.25) is 0 Å². The molecule has 0 saturated heterocycles. The third-order valence-electron chi connectivity index (χ3n) is 0.888. The van der Waals surface area contributed by atoms with Gasteiger partial charge in [-0.3, -0.25) is 0 Å². The molecule has 5 nitrogen and oxygen atoms in total. The first kappa shape index (κ1) is 19.9. The Kier molecular flexibility index (Phi) is 21.0. The summed E-state index contributed by atoms with van der Waals surface area (Å²) in [5.74, 6) is -1.42. The Morgan fingerprint density at radius 1 is 1.27 bits per heavy atom. The van der Waals surface area contributed by atoms with Crippen LogP contribution in [0.1, 0.15) is 6.42 Å². The molecule has 0 aliphatic carbocycles. The number of aliphatic hydroxyl groups is 1. The van der Waals surface area contributed by atoms with Crippen molar-refractivity contribution in [2.45, 2.75) is 6.42 Å². The van der Waals surface area contributed by atoms with E-state index < -0.39 is 11.9 Å². The van der Waals surface area contributed by atoms with Gasteiger partial charge in [0.05, 0.1) is 6.61 Å². The van der Waals surface area contributed by atoms with Gasteiger partial charge in [0.15, 0.2) is 0 Å². The predicted molar refractivity (Wildman–Crippen MR) is 56.4 cm³/mol. The Hall–Kier alpha value is -0.620. The fraction of sp³-hybridized carbons (Fsp3) is 0.333. The van der Waals surface area contributed by atoms with Crippen molar-refractivity contribution >= 4 is 41.5 Å². The van der Waals surface area contributed by atoms with E-state index in [1.54, 1.807) is 0 Å². The zero-order valence-corrected chi connectivity index (χ0v) is 10.8. The number of carboxylic acids is 1. The molecule has 0 aromatic rings. The third-order valence-corrected chi connectivity index (χ3v) is 0.888. The molecule has 0 atom stereocenters. The van der Waals surface area contributed by atoms with Crippen LogP contribution in [-0.2, 0) is 14.3 Å². The summed E-state index contributed by atoms with van der Waals surface area (Å²) in [6.07, 6.45) is 2.41. The standard InChI is InChI=1S/C6H10O3.C3H4O2.Na/c1-2-6(8)9-5-3-4-7;1-2-3(4)5;/h2,7H,1,3-5H2;2H,1H2,(H,4,5);. The number of rotatable bonds is 5. The van der Waals surface area contributed by atoms with Crippen LogP contribution in [-0.4, -0.2) is 64.9 Å². The van der Waals surface area contributed by atoms with E-state index in [-0.39, 0.29) is 42.8 Å². The minimum absolute atomic E-state index is 0. The van der Waals surface area contributed by atoms with E-state index in [4.69, 9.17) is 10.2 Å². The van der Waals surface area contributed by atoms with Crippen molar-refractivity contribution in [1.82, 2.24) is 0 Å². The molecule has 0 rings (SSSR count). The maximum atomic E-state index is 10.3. The first-order chi connectivity index (χ1) is 6.58. The van der Waals surface area contributed by atoms with Crippen molar-refractivity contribution in [2.75, 3.05) is 13.2 Å². The SMILES string of the molecule is C=CC(=O)O.C=CC(=O)OCCCO.[Na]. The monoisotopic (exact) mass is 225 g/mol. The van der Waals surface area contributed by atoms with E-state index in [1.807, 2.05) is 0 Å². The Morgan fingerprint density at radius 2 is 1.73 bits per heavy atom. The first-order valence-corrected chi connectivity index (χ1v) is 3.83. The molecule has 0 amide bonds. The van der Waals surface area contributed by atoms with Crippen molar-refractivity contribution in [3.63, 3.8) is 0 Å². The minimum Gasteiger partial charge on any atom is -0.478 e. The van der Waals surface area contributed by atoms with Crippen LogP contribution in [0, 0.1) is 0 Å². The molecule has 1 radical (unpaired) electrons. The quantitative estimate of drug-likeness (QED) is 0.297. The molecule has 15 heavy (non-hydrogen) atoms. The maximum Gasteiger partial charge on any atom is 0.330 e. The van der Waals surface area contributed by atoms with Gasteiger partial charge < -0.3 is 14.9 Å². The largest absolute Gasteiger partial charge is 0.478 e. The molecule has 0 aromatic carbocycles. The van der Waals surface area contributed by atoms with E-state index in [0.29, 0.717) is 6.42 Å². The van der Waals surface area contributed by atoms with Crippen LogP contribution in [0.15, 0.2) is 25.3 Å². The smallest absolute Gasteiger partial charge is 0.330 e. The van der Waals surface area contributed by atoms with Crippen LogP contribution in [0.2, 0.25) is 0 Å². The summed E-state index contributed by atoms with van der Waals surface area (Å²) in [7, 11) is 0. The van der Waals surface area contributed by atoms with Crippen LogP contribution >= 0.6 is 0 Å². The normalized spacial score (nSPS) is 7.27. The van der Waals surface area contributed by atoms with E-state index in [0.717, 1.165) is 12.2 Å². The summed E-state index contributed by atoms with van der Waals surface area (Å²) in [5, 5.41) is 15.8. The number of hydrogen-bond donors (Lipinski definition) is 2.